The Labute approximate surface area is 113 Å². The Morgan fingerprint density at radius 3 is 2.50 bits per heavy atom. The van der Waals surface area contributed by atoms with Gasteiger partial charge in [0, 0.05) is 38.3 Å². The van der Waals surface area contributed by atoms with Crippen molar-refractivity contribution in [2.75, 3.05) is 25.1 Å². The number of alkyl halides is 1. The van der Waals surface area contributed by atoms with E-state index in [2.05, 4.69) is 9.88 Å². The number of pyridine rings is 1. The molecule has 2 unspecified atom stereocenters. The van der Waals surface area contributed by atoms with Crippen LogP contribution >= 0.6 is 11.6 Å². The van der Waals surface area contributed by atoms with Gasteiger partial charge in [-0.2, -0.15) is 0 Å². The minimum absolute atomic E-state index is 0.272. The molecule has 4 nitrogen and oxygen atoms in total. The standard InChI is InChI=1S/C13H19ClN2O2/c1-18-12(13(14)17)10-4-8-16(9-5-10)11-2-6-15-7-3-11/h2-3,6-7,10,12-13,17H,4-5,8-9H2,1H3. The molecule has 2 heterocycles. The number of methoxy groups -OCH3 is 1. The maximum absolute atomic E-state index is 9.47. The highest BCUT2D eigenvalue weighted by Crippen LogP contribution is 2.28. The molecule has 1 aromatic rings. The quantitative estimate of drug-likeness (QED) is 0.849. The van der Waals surface area contributed by atoms with Gasteiger partial charge in [0.2, 0.25) is 0 Å². The van der Waals surface area contributed by atoms with Crippen LogP contribution in [-0.4, -0.2) is 42.0 Å². The SMILES string of the molecule is COC(C(O)Cl)C1CCN(c2ccncc2)CC1. The number of halogens is 1. The lowest BCUT2D eigenvalue weighted by Gasteiger charge is -2.37. The number of aliphatic hydroxyl groups excluding tert-OH is 1. The van der Waals surface area contributed by atoms with E-state index in [1.54, 1.807) is 7.11 Å². The second-order valence-electron chi connectivity index (χ2n) is 4.60. The third kappa shape index (κ3) is 3.13. The van der Waals surface area contributed by atoms with Crippen molar-refractivity contribution in [1.29, 1.82) is 0 Å². The molecule has 0 spiro atoms. The van der Waals surface area contributed by atoms with Crippen molar-refractivity contribution in [3.63, 3.8) is 0 Å². The zero-order valence-electron chi connectivity index (χ0n) is 10.5. The lowest BCUT2D eigenvalue weighted by molar-refractivity contribution is -0.0176. The molecule has 1 N–H and O–H groups in total. The van der Waals surface area contributed by atoms with E-state index < -0.39 is 5.56 Å². The monoisotopic (exact) mass is 270 g/mol. The van der Waals surface area contributed by atoms with E-state index in [-0.39, 0.29) is 6.10 Å². The fourth-order valence-electron chi connectivity index (χ4n) is 2.57. The number of aromatic nitrogens is 1. The summed E-state index contributed by atoms with van der Waals surface area (Å²) in [4.78, 5) is 6.35. The van der Waals surface area contributed by atoms with Crippen molar-refractivity contribution in [3.05, 3.63) is 24.5 Å². The average Bonchev–Trinajstić information content (AvgIpc) is 2.41. The van der Waals surface area contributed by atoms with E-state index in [4.69, 9.17) is 16.3 Å². The topological polar surface area (TPSA) is 45.6 Å². The van der Waals surface area contributed by atoms with Gasteiger partial charge >= 0.3 is 0 Å². The largest absolute Gasteiger partial charge is 0.377 e. The van der Waals surface area contributed by atoms with Crippen molar-refractivity contribution >= 4 is 17.3 Å². The molecule has 0 saturated carbocycles. The Balaban J connectivity index is 1.92. The summed E-state index contributed by atoms with van der Waals surface area (Å²) < 4.78 is 5.28. The first-order chi connectivity index (χ1) is 8.72. The molecule has 1 fully saturated rings. The van der Waals surface area contributed by atoms with Crippen LogP contribution in [0.5, 0.6) is 0 Å². The number of anilines is 1. The second-order valence-corrected chi connectivity index (χ2v) is 5.05. The predicted octanol–water partition coefficient (Wildman–Crippen LogP) is 1.87. The summed E-state index contributed by atoms with van der Waals surface area (Å²) in [5.74, 6) is 0.320. The Hall–Kier alpha value is -0.840. The average molecular weight is 271 g/mol. The van der Waals surface area contributed by atoms with Gasteiger partial charge in [-0.15, -0.1) is 0 Å². The number of piperidine rings is 1. The second kappa shape index (κ2) is 6.36. The van der Waals surface area contributed by atoms with Crippen molar-refractivity contribution in [3.8, 4) is 0 Å². The molecule has 0 amide bonds. The molecule has 0 aliphatic carbocycles. The van der Waals surface area contributed by atoms with E-state index in [1.165, 1.54) is 5.69 Å². The van der Waals surface area contributed by atoms with Crippen LogP contribution in [0.15, 0.2) is 24.5 Å². The van der Waals surface area contributed by atoms with Crippen LogP contribution in [0.25, 0.3) is 0 Å². The molecule has 18 heavy (non-hydrogen) atoms. The summed E-state index contributed by atoms with van der Waals surface area (Å²) in [5.41, 5.74) is 0.274. The van der Waals surface area contributed by atoms with Gasteiger partial charge in [0.15, 0.2) is 5.56 Å². The molecule has 0 radical (unpaired) electrons. The Morgan fingerprint density at radius 2 is 2.00 bits per heavy atom. The zero-order valence-corrected chi connectivity index (χ0v) is 11.3. The smallest absolute Gasteiger partial charge is 0.154 e. The summed E-state index contributed by atoms with van der Waals surface area (Å²) in [7, 11) is 1.60. The minimum Gasteiger partial charge on any atom is -0.377 e. The molecule has 1 aliphatic heterocycles. The summed E-state index contributed by atoms with van der Waals surface area (Å²) in [6.07, 6.45) is 5.30. The van der Waals surface area contributed by atoms with Crippen LogP contribution in [0.3, 0.4) is 0 Å². The first-order valence-electron chi connectivity index (χ1n) is 6.22. The number of ether oxygens (including phenoxy) is 1. The number of nitrogens with zero attached hydrogens (tertiary/aromatic N) is 2. The highest BCUT2D eigenvalue weighted by Gasteiger charge is 2.30. The van der Waals surface area contributed by atoms with Gasteiger partial charge in [0.25, 0.3) is 0 Å². The summed E-state index contributed by atoms with van der Waals surface area (Å²) >= 11 is 5.74. The predicted molar refractivity (Wildman–Crippen MR) is 71.8 cm³/mol. The van der Waals surface area contributed by atoms with Gasteiger partial charge in [0.1, 0.15) is 0 Å². The van der Waals surface area contributed by atoms with E-state index in [9.17, 15) is 5.11 Å². The van der Waals surface area contributed by atoms with E-state index in [1.807, 2.05) is 24.5 Å². The lowest BCUT2D eigenvalue weighted by atomic mass is 9.91. The van der Waals surface area contributed by atoms with E-state index >= 15 is 0 Å². The van der Waals surface area contributed by atoms with Crippen LogP contribution in [0, 0.1) is 5.92 Å². The van der Waals surface area contributed by atoms with E-state index in [0.717, 1.165) is 25.9 Å². The normalized spacial score (nSPS) is 20.7. The van der Waals surface area contributed by atoms with Gasteiger partial charge in [-0.05, 0) is 30.9 Å². The summed E-state index contributed by atoms with van der Waals surface area (Å²) in [5, 5.41) is 9.47. The van der Waals surface area contributed by atoms with Gasteiger partial charge < -0.3 is 14.7 Å². The van der Waals surface area contributed by atoms with Crippen LogP contribution < -0.4 is 4.90 Å². The molecule has 2 atom stereocenters. The molecule has 5 heteroatoms. The molecule has 1 aromatic heterocycles. The number of hydrogen-bond donors (Lipinski definition) is 1. The van der Waals surface area contributed by atoms with Crippen LogP contribution in [-0.2, 0) is 4.74 Å². The minimum atomic E-state index is -0.924. The van der Waals surface area contributed by atoms with Crippen molar-refractivity contribution in [2.24, 2.45) is 5.92 Å². The number of rotatable bonds is 4. The highest BCUT2D eigenvalue weighted by atomic mass is 35.5. The Bertz CT molecular complexity index is 353. The van der Waals surface area contributed by atoms with Gasteiger partial charge in [-0.25, -0.2) is 0 Å². The molecule has 0 aromatic carbocycles. The Kier molecular flexibility index (Phi) is 4.80. The zero-order chi connectivity index (χ0) is 13.0. The maximum Gasteiger partial charge on any atom is 0.154 e. The number of aliphatic hydroxyl groups is 1. The van der Waals surface area contributed by atoms with E-state index in [0.29, 0.717) is 5.92 Å². The maximum atomic E-state index is 9.47. The van der Waals surface area contributed by atoms with Crippen LogP contribution in [0.4, 0.5) is 5.69 Å². The van der Waals surface area contributed by atoms with Gasteiger partial charge in [0.05, 0.1) is 6.10 Å². The number of hydrogen-bond acceptors (Lipinski definition) is 4. The van der Waals surface area contributed by atoms with Crippen molar-refractivity contribution in [1.82, 2.24) is 4.98 Å². The summed E-state index contributed by atoms with van der Waals surface area (Å²) in [6, 6.07) is 4.04. The first-order valence-corrected chi connectivity index (χ1v) is 6.66. The Morgan fingerprint density at radius 1 is 1.39 bits per heavy atom. The lowest BCUT2D eigenvalue weighted by Crippen LogP contribution is -2.41. The fourth-order valence-corrected chi connectivity index (χ4v) is 2.88. The molecule has 2 rings (SSSR count). The van der Waals surface area contributed by atoms with Crippen LogP contribution in [0.1, 0.15) is 12.8 Å². The third-order valence-corrected chi connectivity index (χ3v) is 3.82. The van der Waals surface area contributed by atoms with Crippen LogP contribution in [0.2, 0.25) is 0 Å². The molecular formula is C13H19ClN2O2. The molecule has 100 valence electrons. The highest BCUT2D eigenvalue weighted by molar-refractivity contribution is 6.19. The van der Waals surface area contributed by atoms with Gasteiger partial charge in [-0.1, -0.05) is 11.6 Å². The van der Waals surface area contributed by atoms with Gasteiger partial charge in [-0.3, -0.25) is 4.98 Å². The third-order valence-electron chi connectivity index (χ3n) is 3.58. The summed E-state index contributed by atoms with van der Waals surface area (Å²) in [6.45, 7) is 1.91. The van der Waals surface area contributed by atoms with Crippen molar-refractivity contribution < 1.29 is 9.84 Å². The molecule has 1 saturated heterocycles. The van der Waals surface area contributed by atoms with Crippen molar-refractivity contribution in [2.45, 2.75) is 24.5 Å². The molecule has 0 bridgehead atoms. The molecule has 1 aliphatic rings. The fraction of sp³-hybridized carbons (Fsp3) is 0.615. The first kappa shape index (κ1) is 13.6. The molecular weight excluding hydrogens is 252 g/mol.